The summed E-state index contributed by atoms with van der Waals surface area (Å²) in [6.45, 7) is 5.59. The van der Waals surface area contributed by atoms with Gasteiger partial charge in [-0.05, 0) is 44.2 Å². The summed E-state index contributed by atoms with van der Waals surface area (Å²) in [6, 6.07) is 7.20. The van der Waals surface area contributed by atoms with Gasteiger partial charge >= 0.3 is 6.09 Å². The molecule has 4 atom stereocenters. The van der Waals surface area contributed by atoms with E-state index >= 15 is 0 Å². The Morgan fingerprint density at radius 1 is 1.22 bits per heavy atom. The maximum absolute atomic E-state index is 13.0. The van der Waals surface area contributed by atoms with Crippen molar-refractivity contribution >= 4 is 28.9 Å². The first-order chi connectivity index (χ1) is 15.2. The molecule has 2 heterocycles. The minimum atomic E-state index is -1.10. The molecule has 1 saturated heterocycles. The Balaban J connectivity index is 1.70. The van der Waals surface area contributed by atoms with Crippen molar-refractivity contribution in [3.05, 3.63) is 36.1 Å². The molecule has 0 aliphatic carbocycles. The largest absolute Gasteiger partial charge is 0.465 e. The molecular formula is C23H31N3O6. The Bertz CT molecular complexity index is 939. The van der Waals surface area contributed by atoms with E-state index in [2.05, 4.69) is 10.6 Å². The van der Waals surface area contributed by atoms with Gasteiger partial charge in [-0.2, -0.15) is 0 Å². The van der Waals surface area contributed by atoms with Gasteiger partial charge in [0.05, 0.1) is 18.7 Å². The lowest BCUT2D eigenvalue weighted by atomic mass is 10.0. The van der Waals surface area contributed by atoms with E-state index in [0.717, 1.165) is 5.39 Å². The van der Waals surface area contributed by atoms with E-state index in [1.54, 1.807) is 19.1 Å². The van der Waals surface area contributed by atoms with Crippen molar-refractivity contribution in [2.75, 3.05) is 6.54 Å². The summed E-state index contributed by atoms with van der Waals surface area (Å²) in [7, 11) is 0. The molecule has 9 heteroatoms. The number of carboxylic acid groups (broad SMARTS) is 1. The zero-order valence-corrected chi connectivity index (χ0v) is 18.6. The second-order valence-corrected chi connectivity index (χ2v) is 8.85. The van der Waals surface area contributed by atoms with Crippen LogP contribution >= 0.6 is 0 Å². The van der Waals surface area contributed by atoms with Gasteiger partial charge in [0.2, 0.25) is 5.91 Å². The van der Waals surface area contributed by atoms with E-state index < -0.39 is 36.1 Å². The summed E-state index contributed by atoms with van der Waals surface area (Å²) in [6.07, 6.45) is -0.790. The molecule has 0 radical (unpaired) electrons. The SMILES string of the molecule is CC(C)CC(NC(=O)c1cc2ccccc2o1)C(=O)N[C@H]1CC[C@@H](C)N(C(=O)O)C[C@@H]1O. The maximum Gasteiger partial charge on any atom is 0.407 e. The van der Waals surface area contributed by atoms with E-state index in [4.69, 9.17) is 4.42 Å². The molecule has 0 bridgehead atoms. The van der Waals surface area contributed by atoms with Gasteiger partial charge in [-0.15, -0.1) is 0 Å². The van der Waals surface area contributed by atoms with Gasteiger partial charge in [0.25, 0.3) is 5.91 Å². The second kappa shape index (κ2) is 10.0. The van der Waals surface area contributed by atoms with Crippen molar-refractivity contribution in [1.82, 2.24) is 15.5 Å². The Labute approximate surface area is 186 Å². The van der Waals surface area contributed by atoms with Crippen LogP contribution in [0.3, 0.4) is 0 Å². The lowest BCUT2D eigenvalue weighted by Gasteiger charge is -2.27. The smallest absolute Gasteiger partial charge is 0.407 e. The number of carbonyl (C=O) groups excluding carboxylic acids is 2. The van der Waals surface area contributed by atoms with Crippen LogP contribution in [-0.2, 0) is 4.79 Å². The number of nitrogens with one attached hydrogen (secondary N) is 2. The summed E-state index contributed by atoms with van der Waals surface area (Å²) in [5.74, 6) is -0.658. The van der Waals surface area contributed by atoms with E-state index in [9.17, 15) is 24.6 Å². The Hall–Kier alpha value is -3.07. The van der Waals surface area contributed by atoms with Crippen molar-refractivity contribution in [2.45, 2.75) is 64.3 Å². The van der Waals surface area contributed by atoms with Crippen molar-refractivity contribution in [2.24, 2.45) is 5.92 Å². The minimum absolute atomic E-state index is 0.0817. The fourth-order valence-electron chi connectivity index (χ4n) is 4.02. The van der Waals surface area contributed by atoms with Crippen LogP contribution in [0.15, 0.2) is 34.7 Å². The number of benzene rings is 1. The van der Waals surface area contributed by atoms with Gasteiger partial charge in [-0.3, -0.25) is 9.59 Å². The predicted molar refractivity (Wildman–Crippen MR) is 118 cm³/mol. The highest BCUT2D eigenvalue weighted by molar-refractivity contribution is 5.98. The monoisotopic (exact) mass is 445 g/mol. The highest BCUT2D eigenvalue weighted by Crippen LogP contribution is 2.20. The van der Waals surface area contributed by atoms with Gasteiger partial charge in [0, 0.05) is 11.4 Å². The molecule has 4 N–H and O–H groups in total. The van der Waals surface area contributed by atoms with Crippen LogP contribution in [0.5, 0.6) is 0 Å². The van der Waals surface area contributed by atoms with Crippen LogP contribution in [0.1, 0.15) is 50.6 Å². The number of nitrogens with zero attached hydrogens (tertiary/aromatic N) is 1. The van der Waals surface area contributed by atoms with Crippen LogP contribution < -0.4 is 10.6 Å². The summed E-state index contributed by atoms with van der Waals surface area (Å²) < 4.78 is 5.60. The lowest BCUT2D eigenvalue weighted by Crippen LogP contribution is -2.54. The molecule has 1 aliphatic rings. The quantitative estimate of drug-likeness (QED) is 0.540. The van der Waals surface area contributed by atoms with E-state index in [-0.39, 0.29) is 24.3 Å². The van der Waals surface area contributed by atoms with Crippen LogP contribution in [0.25, 0.3) is 11.0 Å². The second-order valence-electron chi connectivity index (χ2n) is 8.85. The number of likely N-dealkylation sites (tertiary alicyclic amines) is 1. The number of aliphatic hydroxyl groups excluding tert-OH is 1. The third-order valence-corrected chi connectivity index (χ3v) is 5.83. The lowest BCUT2D eigenvalue weighted by molar-refractivity contribution is -0.125. The average molecular weight is 446 g/mol. The molecule has 1 aromatic carbocycles. The molecule has 2 aromatic rings. The van der Waals surface area contributed by atoms with Gasteiger partial charge in [-0.25, -0.2) is 4.79 Å². The normalized spacial score (nSPS) is 22.4. The summed E-state index contributed by atoms with van der Waals surface area (Å²) in [4.78, 5) is 38.4. The van der Waals surface area contributed by atoms with Gasteiger partial charge in [0.15, 0.2) is 5.76 Å². The number of amides is 3. The molecule has 3 rings (SSSR count). The molecule has 1 unspecified atom stereocenters. The summed E-state index contributed by atoms with van der Waals surface area (Å²) >= 11 is 0. The third kappa shape index (κ3) is 5.59. The zero-order valence-electron chi connectivity index (χ0n) is 18.6. The molecule has 32 heavy (non-hydrogen) atoms. The van der Waals surface area contributed by atoms with Crippen molar-refractivity contribution in [1.29, 1.82) is 0 Å². The number of furan rings is 1. The number of hydrogen-bond acceptors (Lipinski definition) is 5. The van der Waals surface area contributed by atoms with Gasteiger partial charge in [-0.1, -0.05) is 32.0 Å². The van der Waals surface area contributed by atoms with E-state index in [0.29, 0.717) is 24.8 Å². The minimum Gasteiger partial charge on any atom is -0.465 e. The predicted octanol–water partition coefficient (Wildman–Crippen LogP) is 2.59. The van der Waals surface area contributed by atoms with E-state index in [1.807, 2.05) is 32.0 Å². The molecule has 3 amide bonds. The summed E-state index contributed by atoms with van der Waals surface area (Å²) in [5, 5.41) is 26.2. The van der Waals surface area contributed by atoms with Crippen molar-refractivity contribution in [3.63, 3.8) is 0 Å². The number of β-amino-alcohol motifs (C(OH)–C–C–N with tert-alkyl or cyclic N) is 1. The number of aliphatic hydroxyl groups is 1. The Morgan fingerprint density at radius 2 is 1.94 bits per heavy atom. The molecule has 1 fully saturated rings. The van der Waals surface area contributed by atoms with Crippen molar-refractivity contribution in [3.8, 4) is 0 Å². The van der Waals surface area contributed by atoms with Crippen LogP contribution in [0.2, 0.25) is 0 Å². The van der Waals surface area contributed by atoms with Gasteiger partial charge < -0.3 is 30.2 Å². The zero-order chi connectivity index (χ0) is 23.4. The molecule has 0 spiro atoms. The first kappa shape index (κ1) is 23.6. The number of hydrogen-bond donors (Lipinski definition) is 4. The molecule has 174 valence electrons. The first-order valence-corrected chi connectivity index (χ1v) is 10.9. The molecule has 1 aromatic heterocycles. The Morgan fingerprint density at radius 3 is 2.59 bits per heavy atom. The standard InChI is InChI=1S/C23H31N3O6/c1-13(2)10-17(25-22(29)20-11-15-6-4-5-7-19(15)32-20)21(28)24-16-9-8-14(3)26(23(30)31)12-18(16)27/h4-7,11,13-14,16-18,27H,8-10,12H2,1-3H3,(H,24,28)(H,25,29)(H,30,31)/t14-,16+,17?,18+/m1/s1. The first-order valence-electron chi connectivity index (χ1n) is 10.9. The molecule has 9 nitrogen and oxygen atoms in total. The molecule has 0 saturated carbocycles. The van der Waals surface area contributed by atoms with Crippen LogP contribution in [0, 0.1) is 5.92 Å². The fraction of sp³-hybridized carbons (Fsp3) is 0.522. The highest BCUT2D eigenvalue weighted by atomic mass is 16.4. The fourth-order valence-corrected chi connectivity index (χ4v) is 4.02. The number of fused-ring (bicyclic) bond motifs is 1. The number of rotatable bonds is 6. The topological polar surface area (TPSA) is 132 Å². The molecular weight excluding hydrogens is 414 g/mol. The Kier molecular flexibility index (Phi) is 7.40. The maximum atomic E-state index is 13.0. The number of carbonyl (C=O) groups is 3. The van der Waals surface area contributed by atoms with Crippen molar-refractivity contribution < 1.29 is 29.0 Å². The highest BCUT2D eigenvalue weighted by Gasteiger charge is 2.34. The average Bonchev–Trinajstić information content (AvgIpc) is 3.11. The van der Waals surface area contributed by atoms with Crippen LogP contribution in [-0.4, -0.2) is 63.8 Å². The van der Waals surface area contributed by atoms with Crippen LogP contribution in [0.4, 0.5) is 4.79 Å². The summed E-state index contributed by atoms with van der Waals surface area (Å²) in [5.41, 5.74) is 0.584. The molecule has 1 aliphatic heterocycles. The number of para-hydroxylation sites is 1. The van der Waals surface area contributed by atoms with E-state index in [1.165, 1.54) is 4.90 Å². The van der Waals surface area contributed by atoms with Gasteiger partial charge in [0.1, 0.15) is 11.6 Å². The third-order valence-electron chi connectivity index (χ3n) is 5.83.